The van der Waals surface area contributed by atoms with E-state index in [1.807, 2.05) is 4.90 Å². The first-order chi connectivity index (χ1) is 13.7. The Morgan fingerprint density at radius 2 is 2.11 bits per heavy atom. The molecule has 28 heavy (non-hydrogen) atoms. The van der Waals surface area contributed by atoms with Gasteiger partial charge in [0.05, 0.1) is 12.6 Å². The third-order valence-corrected chi connectivity index (χ3v) is 6.38. The van der Waals surface area contributed by atoms with E-state index < -0.39 is 0 Å². The predicted molar refractivity (Wildman–Crippen MR) is 112 cm³/mol. The van der Waals surface area contributed by atoms with Gasteiger partial charge in [0.15, 0.2) is 5.96 Å². The number of nitrogens with one attached hydrogen (secondary N) is 1. The summed E-state index contributed by atoms with van der Waals surface area (Å²) in [5, 5.41) is 5.37. The maximum absolute atomic E-state index is 12.6. The van der Waals surface area contributed by atoms with Crippen LogP contribution < -0.4 is 5.32 Å². The smallest absolute Gasteiger partial charge is 0.242 e. The summed E-state index contributed by atoms with van der Waals surface area (Å²) in [4.78, 5) is 22.6. The van der Waals surface area contributed by atoms with Crippen LogP contribution >= 0.6 is 11.3 Å². The van der Waals surface area contributed by atoms with Crippen molar-refractivity contribution < 1.29 is 14.3 Å². The van der Waals surface area contributed by atoms with E-state index >= 15 is 0 Å². The van der Waals surface area contributed by atoms with Gasteiger partial charge in [0, 0.05) is 58.4 Å². The van der Waals surface area contributed by atoms with Crippen LogP contribution in [-0.4, -0.2) is 81.3 Å². The van der Waals surface area contributed by atoms with Gasteiger partial charge >= 0.3 is 0 Å². The van der Waals surface area contributed by atoms with Crippen LogP contribution in [0.3, 0.4) is 0 Å². The van der Waals surface area contributed by atoms with Crippen LogP contribution in [0.4, 0.5) is 0 Å². The highest BCUT2D eigenvalue weighted by Gasteiger charge is 2.24. The average molecular weight is 409 g/mol. The molecular formula is C20H32N4O3S. The number of thiophene rings is 1. The second kappa shape index (κ2) is 10.8. The van der Waals surface area contributed by atoms with Gasteiger partial charge in [-0.05, 0) is 42.7 Å². The fourth-order valence-corrected chi connectivity index (χ4v) is 4.64. The van der Waals surface area contributed by atoms with E-state index in [1.54, 1.807) is 25.5 Å². The lowest BCUT2D eigenvalue weighted by Gasteiger charge is -2.34. The Hall–Kier alpha value is -1.64. The number of rotatable bonds is 7. The standard InChI is InChI=1S/C20H32N4O3S/c1-21-20(23-8-4-17(5-9-23)27-12-3-11-26-2)22-14-19(25)24-10-6-18-16(15-24)7-13-28-18/h7,13,17H,3-6,8-12,14-15H2,1-2H3,(H,21,22). The van der Waals surface area contributed by atoms with Crippen molar-refractivity contribution in [1.82, 2.24) is 15.1 Å². The minimum Gasteiger partial charge on any atom is -0.385 e. The van der Waals surface area contributed by atoms with Gasteiger partial charge in [-0.2, -0.15) is 0 Å². The van der Waals surface area contributed by atoms with E-state index in [4.69, 9.17) is 9.47 Å². The number of carbonyl (C=O) groups is 1. The number of likely N-dealkylation sites (tertiary alicyclic amines) is 1. The van der Waals surface area contributed by atoms with Crippen LogP contribution in [0.25, 0.3) is 0 Å². The second-order valence-electron chi connectivity index (χ2n) is 7.24. The predicted octanol–water partition coefficient (Wildman–Crippen LogP) is 1.73. The molecule has 3 rings (SSSR count). The first kappa shape index (κ1) is 21.1. The number of hydrogen-bond donors (Lipinski definition) is 1. The van der Waals surface area contributed by atoms with E-state index in [0.29, 0.717) is 12.6 Å². The van der Waals surface area contributed by atoms with E-state index in [0.717, 1.165) is 71.0 Å². The molecule has 156 valence electrons. The van der Waals surface area contributed by atoms with Crippen LogP contribution in [0.2, 0.25) is 0 Å². The Morgan fingerprint density at radius 3 is 2.86 bits per heavy atom. The van der Waals surface area contributed by atoms with Crippen molar-refractivity contribution in [2.75, 3.05) is 53.6 Å². The molecule has 0 aromatic carbocycles. The van der Waals surface area contributed by atoms with Crippen LogP contribution in [-0.2, 0) is 27.2 Å². The molecule has 1 amide bonds. The molecule has 1 saturated heterocycles. The van der Waals surface area contributed by atoms with Crippen LogP contribution in [0.5, 0.6) is 0 Å². The zero-order valence-corrected chi connectivity index (χ0v) is 17.8. The molecule has 0 atom stereocenters. The first-order valence-electron chi connectivity index (χ1n) is 10.1. The van der Waals surface area contributed by atoms with Crippen molar-refractivity contribution in [2.24, 2.45) is 4.99 Å². The Labute approximate surface area is 171 Å². The Balaban J connectivity index is 1.39. The van der Waals surface area contributed by atoms with Gasteiger partial charge in [-0.25, -0.2) is 0 Å². The molecule has 2 aliphatic rings. The number of carbonyl (C=O) groups excluding carboxylic acids is 1. The molecule has 8 heteroatoms. The largest absolute Gasteiger partial charge is 0.385 e. The zero-order valence-electron chi connectivity index (χ0n) is 17.0. The molecule has 1 fully saturated rings. The first-order valence-corrected chi connectivity index (χ1v) is 11.0. The van der Waals surface area contributed by atoms with Gasteiger partial charge in [0.2, 0.25) is 5.91 Å². The number of nitrogens with zero attached hydrogens (tertiary/aromatic N) is 3. The Morgan fingerprint density at radius 1 is 1.29 bits per heavy atom. The SMILES string of the molecule is CN=C(NCC(=O)N1CCc2sccc2C1)N1CCC(OCCCOC)CC1. The normalized spacial score (nSPS) is 18.3. The van der Waals surface area contributed by atoms with Crippen molar-refractivity contribution in [1.29, 1.82) is 0 Å². The Bertz CT molecular complexity index is 656. The van der Waals surface area contributed by atoms with Crippen molar-refractivity contribution >= 4 is 23.2 Å². The highest BCUT2D eigenvalue weighted by atomic mass is 32.1. The molecular weight excluding hydrogens is 376 g/mol. The van der Waals surface area contributed by atoms with Crippen molar-refractivity contribution in [3.8, 4) is 0 Å². The molecule has 0 spiro atoms. The van der Waals surface area contributed by atoms with Crippen LogP contribution in [0.1, 0.15) is 29.7 Å². The molecule has 3 heterocycles. The van der Waals surface area contributed by atoms with Crippen molar-refractivity contribution in [2.45, 2.75) is 38.3 Å². The highest BCUT2D eigenvalue weighted by molar-refractivity contribution is 7.10. The lowest BCUT2D eigenvalue weighted by atomic mass is 10.1. The number of hydrogen-bond acceptors (Lipinski definition) is 5. The molecule has 0 radical (unpaired) electrons. The average Bonchev–Trinajstić information content (AvgIpc) is 3.20. The number of amides is 1. The molecule has 0 saturated carbocycles. The monoisotopic (exact) mass is 408 g/mol. The number of fused-ring (bicyclic) bond motifs is 1. The maximum Gasteiger partial charge on any atom is 0.242 e. The molecule has 1 aromatic rings. The summed E-state index contributed by atoms with van der Waals surface area (Å²) >= 11 is 1.79. The summed E-state index contributed by atoms with van der Waals surface area (Å²) in [6, 6.07) is 2.13. The third kappa shape index (κ3) is 5.68. The van der Waals surface area contributed by atoms with Crippen molar-refractivity contribution in [3.63, 3.8) is 0 Å². The summed E-state index contributed by atoms with van der Waals surface area (Å²) in [6.07, 6.45) is 4.17. The molecule has 1 N–H and O–H groups in total. The number of piperidine rings is 1. The number of ether oxygens (including phenoxy) is 2. The molecule has 0 bridgehead atoms. The summed E-state index contributed by atoms with van der Waals surface area (Å²) < 4.78 is 11.0. The van der Waals surface area contributed by atoms with Gasteiger partial charge in [-0.15, -0.1) is 11.3 Å². The van der Waals surface area contributed by atoms with E-state index in [-0.39, 0.29) is 5.91 Å². The van der Waals surface area contributed by atoms with Crippen LogP contribution in [0.15, 0.2) is 16.4 Å². The van der Waals surface area contributed by atoms with Gasteiger partial charge in [-0.1, -0.05) is 0 Å². The fraction of sp³-hybridized carbons (Fsp3) is 0.700. The van der Waals surface area contributed by atoms with E-state index in [2.05, 4.69) is 26.7 Å². The summed E-state index contributed by atoms with van der Waals surface area (Å²) in [6.45, 7) is 5.10. The van der Waals surface area contributed by atoms with Crippen LogP contribution in [0, 0.1) is 0 Å². The van der Waals surface area contributed by atoms with E-state index in [9.17, 15) is 4.79 Å². The summed E-state index contributed by atoms with van der Waals surface area (Å²) in [5.74, 6) is 0.939. The number of aliphatic imine (C=N–C) groups is 1. The van der Waals surface area contributed by atoms with Gasteiger partial charge in [-0.3, -0.25) is 9.79 Å². The number of guanidine groups is 1. The topological polar surface area (TPSA) is 66.4 Å². The van der Waals surface area contributed by atoms with E-state index in [1.165, 1.54) is 10.4 Å². The Kier molecular flexibility index (Phi) is 8.12. The minimum atomic E-state index is 0.134. The summed E-state index contributed by atoms with van der Waals surface area (Å²) in [7, 11) is 3.49. The molecule has 0 aliphatic carbocycles. The van der Waals surface area contributed by atoms with Crippen molar-refractivity contribution in [3.05, 3.63) is 21.9 Å². The molecule has 2 aliphatic heterocycles. The van der Waals surface area contributed by atoms with Gasteiger partial charge in [0.25, 0.3) is 0 Å². The molecule has 7 nitrogen and oxygen atoms in total. The lowest BCUT2D eigenvalue weighted by Crippen LogP contribution is -2.50. The second-order valence-corrected chi connectivity index (χ2v) is 8.24. The fourth-order valence-electron chi connectivity index (χ4n) is 3.75. The zero-order chi connectivity index (χ0) is 19.8. The lowest BCUT2D eigenvalue weighted by molar-refractivity contribution is -0.130. The molecule has 1 aromatic heterocycles. The highest BCUT2D eigenvalue weighted by Crippen LogP contribution is 2.23. The quantitative estimate of drug-likeness (QED) is 0.423. The third-order valence-electron chi connectivity index (χ3n) is 5.36. The van der Waals surface area contributed by atoms with Gasteiger partial charge < -0.3 is 24.6 Å². The van der Waals surface area contributed by atoms with Gasteiger partial charge in [0.1, 0.15) is 0 Å². The number of methoxy groups -OCH3 is 1. The minimum absolute atomic E-state index is 0.134. The molecule has 0 unspecified atom stereocenters. The maximum atomic E-state index is 12.6. The summed E-state index contributed by atoms with van der Waals surface area (Å²) in [5.41, 5.74) is 1.29.